The van der Waals surface area contributed by atoms with Crippen molar-refractivity contribution in [3.05, 3.63) is 23.8 Å². The zero-order chi connectivity index (χ0) is 18.9. The number of thioether (sulfide) groups is 1. The van der Waals surface area contributed by atoms with Gasteiger partial charge in [0.05, 0.1) is 11.5 Å². The van der Waals surface area contributed by atoms with Gasteiger partial charge in [-0.3, -0.25) is 0 Å². The summed E-state index contributed by atoms with van der Waals surface area (Å²) in [5.74, 6) is 1.56. The molecule has 0 aromatic carbocycles. The zero-order valence-electron chi connectivity index (χ0n) is 16.8. The van der Waals surface area contributed by atoms with Crippen molar-refractivity contribution in [3.63, 3.8) is 0 Å². The second kappa shape index (κ2) is 7.71. The van der Waals surface area contributed by atoms with Gasteiger partial charge in [-0.05, 0) is 61.0 Å². The molecule has 4 atom stereocenters. The van der Waals surface area contributed by atoms with Gasteiger partial charge in [0.15, 0.2) is 0 Å². The van der Waals surface area contributed by atoms with Crippen molar-refractivity contribution < 1.29 is 14.3 Å². The number of allylic oxidation sites excluding steroid dienone is 2. The molecule has 0 unspecified atom stereocenters. The van der Waals surface area contributed by atoms with Crippen molar-refractivity contribution in [1.82, 2.24) is 0 Å². The molecule has 4 heteroatoms. The summed E-state index contributed by atoms with van der Waals surface area (Å²) >= 11 is 1.62. The number of hydrogen-bond acceptors (Lipinski definition) is 4. The predicted molar refractivity (Wildman–Crippen MR) is 108 cm³/mol. The number of carbonyl (C=O) groups is 1. The highest BCUT2D eigenvalue weighted by Crippen LogP contribution is 2.61. The first-order valence-corrected chi connectivity index (χ1v) is 11.3. The number of fused-ring (bicyclic) bond motifs is 1. The Morgan fingerprint density at radius 3 is 2.85 bits per heavy atom. The molecule has 26 heavy (non-hydrogen) atoms. The van der Waals surface area contributed by atoms with Crippen LogP contribution in [-0.4, -0.2) is 30.9 Å². The smallest absolute Gasteiger partial charge is 0.336 e. The van der Waals surface area contributed by atoms with Crippen LogP contribution >= 0.6 is 11.8 Å². The molecular weight excluding hydrogens is 344 g/mol. The van der Waals surface area contributed by atoms with Crippen LogP contribution in [0.5, 0.6) is 0 Å². The van der Waals surface area contributed by atoms with Gasteiger partial charge in [-0.1, -0.05) is 45.4 Å². The van der Waals surface area contributed by atoms with E-state index in [0.717, 1.165) is 18.8 Å². The standard InChI is InChI=1S/C22H34O3S/c1-15-7-10-19-21(2,3)11-6-12-22(19,4)17(15)9-8-16-18(25-14-26-5)13-24-20(16)23/h8,17-19H,1,6-7,9-14H2,2-5H3/b16-8+/t17-,18+,19-,22+/m0/s1. The molecule has 2 aliphatic carbocycles. The summed E-state index contributed by atoms with van der Waals surface area (Å²) in [6.07, 6.45) is 11.0. The largest absolute Gasteiger partial charge is 0.459 e. The number of rotatable bonds is 5. The van der Waals surface area contributed by atoms with Crippen molar-refractivity contribution >= 4 is 17.7 Å². The van der Waals surface area contributed by atoms with Crippen LogP contribution < -0.4 is 0 Å². The molecule has 3 aliphatic rings. The SMILES string of the molecule is C=C1CC[C@H]2C(C)(C)CCC[C@]2(C)[C@H]1C/C=C1/C(=O)OC[C@H]1OCSC. The second-order valence-corrected chi connectivity index (χ2v) is 10.0. The maximum absolute atomic E-state index is 12.2. The quantitative estimate of drug-likeness (QED) is 0.279. The number of esters is 1. The lowest BCUT2D eigenvalue weighted by Crippen LogP contribution is -2.49. The summed E-state index contributed by atoms with van der Waals surface area (Å²) in [7, 11) is 0. The van der Waals surface area contributed by atoms with E-state index in [4.69, 9.17) is 9.47 Å². The Balaban J connectivity index is 1.80. The van der Waals surface area contributed by atoms with Crippen LogP contribution in [0, 0.1) is 22.7 Å². The fourth-order valence-electron chi connectivity index (χ4n) is 5.91. The molecule has 3 nitrogen and oxygen atoms in total. The van der Waals surface area contributed by atoms with Crippen LogP contribution in [0.1, 0.15) is 59.3 Å². The summed E-state index contributed by atoms with van der Waals surface area (Å²) in [4.78, 5) is 12.2. The molecule has 0 amide bonds. The Bertz CT molecular complexity index is 594. The van der Waals surface area contributed by atoms with Crippen LogP contribution in [0.25, 0.3) is 0 Å². The van der Waals surface area contributed by atoms with E-state index < -0.39 is 0 Å². The lowest BCUT2D eigenvalue weighted by atomic mass is 9.47. The maximum atomic E-state index is 12.2. The van der Waals surface area contributed by atoms with Gasteiger partial charge in [-0.2, -0.15) is 0 Å². The van der Waals surface area contributed by atoms with E-state index in [1.165, 1.54) is 31.3 Å². The monoisotopic (exact) mass is 378 g/mol. The normalized spacial score (nSPS) is 38.3. The van der Waals surface area contributed by atoms with Gasteiger partial charge in [-0.25, -0.2) is 4.79 Å². The van der Waals surface area contributed by atoms with E-state index in [1.54, 1.807) is 11.8 Å². The molecule has 1 heterocycles. The molecule has 3 rings (SSSR count). The summed E-state index contributed by atoms with van der Waals surface area (Å²) in [6.45, 7) is 12.1. The molecule has 0 bridgehead atoms. The second-order valence-electron chi connectivity index (χ2n) is 9.21. The molecule has 0 spiro atoms. The molecule has 0 N–H and O–H groups in total. The van der Waals surface area contributed by atoms with Crippen molar-refractivity contribution in [3.8, 4) is 0 Å². The lowest BCUT2D eigenvalue weighted by molar-refractivity contribution is -0.135. The number of cyclic esters (lactones) is 1. The number of hydrogen-bond donors (Lipinski definition) is 0. The van der Waals surface area contributed by atoms with Gasteiger partial charge >= 0.3 is 5.97 Å². The summed E-state index contributed by atoms with van der Waals surface area (Å²) in [6, 6.07) is 0. The highest BCUT2D eigenvalue weighted by Gasteiger charge is 2.52. The van der Waals surface area contributed by atoms with Crippen LogP contribution in [0.15, 0.2) is 23.8 Å². The zero-order valence-corrected chi connectivity index (χ0v) is 17.6. The van der Waals surface area contributed by atoms with Gasteiger partial charge in [-0.15, -0.1) is 11.8 Å². The minimum Gasteiger partial charge on any atom is -0.459 e. The summed E-state index contributed by atoms with van der Waals surface area (Å²) in [5, 5.41) is 0. The van der Waals surface area contributed by atoms with E-state index in [9.17, 15) is 4.79 Å². The molecule has 2 saturated carbocycles. The van der Waals surface area contributed by atoms with Crippen molar-refractivity contribution in [2.24, 2.45) is 22.7 Å². The molecule has 1 aliphatic heterocycles. The topological polar surface area (TPSA) is 35.5 Å². The van der Waals surface area contributed by atoms with Crippen molar-refractivity contribution in [2.45, 2.75) is 65.4 Å². The minimum atomic E-state index is -0.210. The van der Waals surface area contributed by atoms with E-state index >= 15 is 0 Å². The van der Waals surface area contributed by atoms with E-state index in [0.29, 0.717) is 29.5 Å². The third-order valence-electron chi connectivity index (χ3n) is 7.23. The van der Waals surface area contributed by atoms with Crippen LogP contribution in [0.2, 0.25) is 0 Å². The maximum Gasteiger partial charge on any atom is 0.336 e. The third-order valence-corrected chi connectivity index (χ3v) is 7.60. The van der Waals surface area contributed by atoms with E-state index in [-0.39, 0.29) is 17.5 Å². The van der Waals surface area contributed by atoms with Crippen LogP contribution in [0.3, 0.4) is 0 Å². The van der Waals surface area contributed by atoms with Gasteiger partial charge in [0.2, 0.25) is 0 Å². The first-order chi connectivity index (χ1) is 12.3. The Morgan fingerprint density at radius 2 is 2.12 bits per heavy atom. The summed E-state index contributed by atoms with van der Waals surface area (Å²) < 4.78 is 11.0. The van der Waals surface area contributed by atoms with Gasteiger partial charge in [0.25, 0.3) is 0 Å². The average Bonchev–Trinajstić information content (AvgIpc) is 2.91. The average molecular weight is 379 g/mol. The van der Waals surface area contributed by atoms with Crippen molar-refractivity contribution in [1.29, 1.82) is 0 Å². The van der Waals surface area contributed by atoms with Gasteiger partial charge < -0.3 is 9.47 Å². The van der Waals surface area contributed by atoms with E-state index in [2.05, 4.69) is 33.4 Å². The fraction of sp³-hybridized carbons (Fsp3) is 0.773. The first kappa shape index (κ1) is 20.0. The Hall–Kier alpha value is -0.740. The van der Waals surface area contributed by atoms with E-state index in [1.807, 2.05) is 6.26 Å². The Labute approximate surface area is 163 Å². The molecule has 0 aromatic rings. The van der Waals surface area contributed by atoms with Gasteiger partial charge in [0.1, 0.15) is 12.7 Å². The van der Waals surface area contributed by atoms with Crippen LogP contribution in [0.4, 0.5) is 0 Å². The predicted octanol–water partition coefficient (Wildman–Crippen LogP) is 5.36. The van der Waals surface area contributed by atoms with Crippen molar-refractivity contribution in [2.75, 3.05) is 18.8 Å². The molecule has 1 saturated heterocycles. The Morgan fingerprint density at radius 1 is 1.35 bits per heavy atom. The molecule has 0 radical (unpaired) electrons. The third kappa shape index (κ3) is 3.64. The number of carbonyl (C=O) groups excluding carboxylic acids is 1. The minimum absolute atomic E-state index is 0.205. The Kier molecular flexibility index (Phi) is 5.93. The highest BCUT2D eigenvalue weighted by atomic mass is 32.2. The highest BCUT2D eigenvalue weighted by molar-refractivity contribution is 7.98. The fourth-order valence-corrected chi connectivity index (χ4v) is 6.21. The first-order valence-electron chi connectivity index (χ1n) is 9.95. The molecular formula is C22H34O3S. The lowest BCUT2D eigenvalue weighted by Gasteiger charge is -2.58. The summed E-state index contributed by atoms with van der Waals surface area (Å²) in [5.41, 5.74) is 2.76. The molecule has 146 valence electrons. The number of ether oxygens (including phenoxy) is 2. The van der Waals surface area contributed by atoms with Gasteiger partial charge in [0, 0.05) is 0 Å². The molecule has 3 fully saturated rings. The van der Waals surface area contributed by atoms with Crippen LogP contribution in [-0.2, 0) is 14.3 Å². The molecule has 0 aromatic heterocycles.